The van der Waals surface area contributed by atoms with E-state index in [4.69, 9.17) is 17.3 Å². The average Bonchev–Trinajstić information content (AvgIpc) is 2.84. The highest BCUT2D eigenvalue weighted by Crippen LogP contribution is 2.29. The summed E-state index contributed by atoms with van der Waals surface area (Å²) in [6.07, 6.45) is 1.82. The second-order valence-electron chi connectivity index (χ2n) is 7.38. The van der Waals surface area contributed by atoms with Gasteiger partial charge in [0.2, 0.25) is 5.91 Å². The summed E-state index contributed by atoms with van der Waals surface area (Å²) in [5.74, 6) is -1.88. The summed E-state index contributed by atoms with van der Waals surface area (Å²) in [7, 11) is 0. The van der Waals surface area contributed by atoms with Gasteiger partial charge in [0.15, 0.2) is 0 Å². The summed E-state index contributed by atoms with van der Waals surface area (Å²) in [6, 6.07) is 13.7. The van der Waals surface area contributed by atoms with Gasteiger partial charge in [-0.15, -0.1) is 0 Å². The first-order valence-corrected chi connectivity index (χ1v) is 10.1. The first-order chi connectivity index (χ1) is 15.3. The molecule has 8 nitrogen and oxygen atoms in total. The van der Waals surface area contributed by atoms with Crippen molar-refractivity contribution in [3.63, 3.8) is 0 Å². The van der Waals surface area contributed by atoms with Crippen LogP contribution in [0, 0.1) is 0 Å². The van der Waals surface area contributed by atoms with Gasteiger partial charge < -0.3 is 21.1 Å². The number of anilines is 2. The van der Waals surface area contributed by atoms with Gasteiger partial charge >= 0.3 is 5.97 Å². The van der Waals surface area contributed by atoms with Crippen molar-refractivity contribution in [1.29, 1.82) is 0 Å². The van der Waals surface area contributed by atoms with Gasteiger partial charge in [-0.2, -0.15) is 0 Å². The fourth-order valence-corrected chi connectivity index (χ4v) is 3.84. The van der Waals surface area contributed by atoms with Crippen LogP contribution >= 0.6 is 11.6 Å². The number of carboxylic acid groups (broad SMARTS) is 1. The van der Waals surface area contributed by atoms with E-state index in [1.807, 2.05) is 6.07 Å². The van der Waals surface area contributed by atoms with Gasteiger partial charge in [0.1, 0.15) is 6.04 Å². The van der Waals surface area contributed by atoms with Crippen LogP contribution in [0.25, 0.3) is 0 Å². The average molecular weight is 451 g/mol. The van der Waals surface area contributed by atoms with E-state index in [0.29, 0.717) is 27.5 Å². The molecule has 0 spiro atoms. The standard InChI is InChI=1S/C23H19ClN4O4/c24-14-5-7-17-19(10-14)27-21(29)20(11-15-3-1-2-8-26-15)28(22(17)30)12-13-4-6-16(23(31)32)18(25)9-13/h1-10,20H,11-12,25H2,(H,27,29)(H,31,32). The lowest BCUT2D eigenvalue weighted by Crippen LogP contribution is -2.46. The van der Waals surface area contributed by atoms with Crippen molar-refractivity contribution in [2.24, 2.45) is 0 Å². The molecule has 0 aliphatic carbocycles. The van der Waals surface area contributed by atoms with Crippen molar-refractivity contribution in [2.45, 2.75) is 19.0 Å². The molecule has 3 aromatic rings. The van der Waals surface area contributed by atoms with Crippen molar-refractivity contribution in [1.82, 2.24) is 9.88 Å². The number of nitrogens with one attached hydrogen (secondary N) is 1. The number of halogens is 1. The molecule has 0 saturated carbocycles. The van der Waals surface area contributed by atoms with E-state index in [-0.39, 0.29) is 36.0 Å². The Labute approximate surface area is 188 Å². The summed E-state index contributed by atoms with van der Waals surface area (Å²) in [5, 5.41) is 12.4. The Bertz CT molecular complexity index is 1220. The predicted octanol–water partition coefficient (Wildman–Crippen LogP) is 3.22. The van der Waals surface area contributed by atoms with Gasteiger partial charge in [0.05, 0.1) is 16.8 Å². The van der Waals surface area contributed by atoms with Crippen LogP contribution in [0.2, 0.25) is 5.02 Å². The highest BCUT2D eigenvalue weighted by molar-refractivity contribution is 6.31. The lowest BCUT2D eigenvalue weighted by atomic mass is 10.0. The minimum Gasteiger partial charge on any atom is -0.478 e. The van der Waals surface area contributed by atoms with Gasteiger partial charge in [-0.05, 0) is 48.0 Å². The molecular formula is C23H19ClN4O4. The Morgan fingerprint density at radius 1 is 1.16 bits per heavy atom. The van der Waals surface area contributed by atoms with Crippen LogP contribution < -0.4 is 11.1 Å². The molecule has 4 N–H and O–H groups in total. The number of amides is 2. The summed E-state index contributed by atoms with van der Waals surface area (Å²) < 4.78 is 0. The monoisotopic (exact) mass is 450 g/mol. The molecule has 0 radical (unpaired) electrons. The predicted molar refractivity (Wildman–Crippen MR) is 119 cm³/mol. The van der Waals surface area contributed by atoms with Gasteiger partial charge in [0, 0.05) is 35.6 Å². The third kappa shape index (κ3) is 4.26. The number of hydrogen-bond acceptors (Lipinski definition) is 5. The maximum absolute atomic E-state index is 13.5. The number of fused-ring (bicyclic) bond motifs is 1. The van der Waals surface area contributed by atoms with Crippen molar-refractivity contribution >= 4 is 40.8 Å². The fraction of sp³-hybridized carbons (Fsp3) is 0.130. The molecule has 0 bridgehead atoms. The van der Waals surface area contributed by atoms with Crippen LogP contribution in [0.5, 0.6) is 0 Å². The summed E-state index contributed by atoms with van der Waals surface area (Å²) in [4.78, 5) is 43.7. The maximum Gasteiger partial charge on any atom is 0.337 e. The SMILES string of the molecule is Nc1cc(CN2C(=O)c3ccc(Cl)cc3NC(=O)C2Cc2ccccn2)ccc1C(=O)O. The quantitative estimate of drug-likeness (QED) is 0.512. The lowest BCUT2D eigenvalue weighted by molar-refractivity contribution is -0.120. The van der Waals surface area contributed by atoms with Gasteiger partial charge in [-0.3, -0.25) is 14.6 Å². The number of nitrogen functional groups attached to an aromatic ring is 1. The normalized spacial score (nSPS) is 15.7. The molecule has 1 aliphatic heterocycles. The molecular weight excluding hydrogens is 432 g/mol. The maximum atomic E-state index is 13.5. The number of aromatic nitrogens is 1. The Morgan fingerprint density at radius 3 is 2.66 bits per heavy atom. The molecule has 1 aromatic heterocycles. The van der Waals surface area contributed by atoms with Crippen LogP contribution in [0.4, 0.5) is 11.4 Å². The minimum absolute atomic E-state index is 0.0290. The second-order valence-corrected chi connectivity index (χ2v) is 7.82. The molecule has 0 fully saturated rings. The zero-order valence-corrected chi connectivity index (χ0v) is 17.5. The molecule has 1 atom stereocenters. The number of hydrogen-bond donors (Lipinski definition) is 3. The third-order valence-electron chi connectivity index (χ3n) is 5.24. The van der Waals surface area contributed by atoms with E-state index in [2.05, 4.69) is 10.3 Å². The van der Waals surface area contributed by atoms with E-state index in [1.165, 1.54) is 23.1 Å². The van der Waals surface area contributed by atoms with E-state index >= 15 is 0 Å². The van der Waals surface area contributed by atoms with Crippen LogP contribution in [0.15, 0.2) is 60.8 Å². The van der Waals surface area contributed by atoms with E-state index in [0.717, 1.165) is 0 Å². The number of nitrogens with two attached hydrogens (primary N) is 1. The number of carbonyl (C=O) groups excluding carboxylic acids is 2. The first-order valence-electron chi connectivity index (χ1n) is 9.76. The summed E-state index contributed by atoms with van der Waals surface area (Å²) in [6.45, 7) is 0.0515. The van der Waals surface area contributed by atoms with Crippen molar-refractivity contribution in [3.8, 4) is 0 Å². The first kappa shape index (κ1) is 21.3. The second kappa shape index (κ2) is 8.68. The molecule has 2 amide bonds. The smallest absolute Gasteiger partial charge is 0.337 e. The molecule has 2 heterocycles. The highest BCUT2D eigenvalue weighted by atomic mass is 35.5. The van der Waals surface area contributed by atoms with Crippen LogP contribution in [0.1, 0.15) is 32.0 Å². The molecule has 2 aromatic carbocycles. The van der Waals surface area contributed by atoms with Crippen LogP contribution in [0.3, 0.4) is 0 Å². The van der Waals surface area contributed by atoms with Crippen molar-refractivity contribution in [3.05, 3.63) is 88.2 Å². The Hall–Kier alpha value is -3.91. The van der Waals surface area contributed by atoms with E-state index in [1.54, 1.807) is 36.5 Å². The highest BCUT2D eigenvalue weighted by Gasteiger charge is 2.36. The third-order valence-corrected chi connectivity index (χ3v) is 5.47. The molecule has 0 saturated heterocycles. The van der Waals surface area contributed by atoms with Crippen LogP contribution in [-0.2, 0) is 17.8 Å². The number of carboxylic acids is 1. The number of aromatic carboxylic acids is 1. The molecule has 1 unspecified atom stereocenters. The molecule has 9 heteroatoms. The Balaban J connectivity index is 1.75. The van der Waals surface area contributed by atoms with E-state index in [9.17, 15) is 19.5 Å². The van der Waals surface area contributed by atoms with Crippen molar-refractivity contribution in [2.75, 3.05) is 11.1 Å². The zero-order chi connectivity index (χ0) is 22.8. The Kier molecular flexibility index (Phi) is 5.79. The Morgan fingerprint density at radius 2 is 1.97 bits per heavy atom. The number of rotatable bonds is 5. The van der Waals surface area contributed by atoms with Gasteiger partial charge in [-0.1, -0.05) is 23.7 Å². The molecule has 32 heavy (non-hydrogen) atoms. The number of benzene rings is 2. The summed E-state index contributed by atoms with van der Waals surface area (Å²) >= 11 is 6.07. The minimum atomic E-state index is -1.14. The molecule has 4 rings (SSSR count). The molecule has 162 valence electrons. The number of nitrogens with zero attached hydrogens (tertiary/aromatic N) is 2. The number of pyridine rings is 1. The largest absolute Gasteiger partial charge is 0.478 e. The van der Waals surface area contributed by atoms with E-state index < -0.39 is 12.0 Å². The topological polar surface area (TPSA) is 126 Å². The number of carbonyl (C=O) groups is 3. The van der Waals surface area contributed by atoms with Crippen LogP contribution in [-0.4, -0.2) is 38.8 Å². The van der Waals surface area contributed by atoms with Gasteiger partial charge in [0.25, 0.3) is 5.91 Å². The molecule has 1 aliphatic rings. The summed E-state index contributed by atoms with van der Waals surface area (Å²) in [5.41, 5.74) is 7.82. The zero-order valence-electron chi connectivity index (χ0n) is 16.8. The fourth-order valence-electron chi connectivity index (χ4n) is 3.66. The van der Waals surface area contributed by atoms with Crippen molar-refractivity contribution < 1.29 is 19.5 Å². The lowest BCUT2D eigenvalue weighted by Gasteiger charge is -2.29. The van der Waals surface area contributed by atoms with Gasteiger partial charge in [-0.25, -0.2) is 4.79 Å².